The number of fused-ring (bicyclic) bond motifs is 9. The fourth-order valence-corrected chi connectivity index (χ4v) is 19.8. The van der Waals surface area contributed by atoms with Crippen LogP contribution in [0.15, 0.2) is 181 Å². The Labute approximate surface area is 865 Å². The summed E-state index contributed by atoms with van der Waals surface area (Å²) < 4.78 is 42.9. The van der Waals surface area contributed by atoms with Crippen molar-refractivity contribution in [3.8, 4) is 33.8 Å². The summed E-state index contributed by atoms with van der Waals surface area (Å²) in [5.74, 6) is 3.11. The summed E-state index contributed by atoms with van der Waals surface area (Å²) in [7, 11) is 0. The van der Waals surface area contributed by atoms with Crippen LogP contribution in [0.4, 0.5) is 13.2 Å². The number of aryl methyl sites for hydroxylation is 6. The second-order valence-electron chi connectivity index (χ2n) is 40.2. The molecule has 14 rings (SSSR count). The third-order valence-corrected chi connectivity index (χ3v) is 30.9. The molecule has 12 aromatic rings. The van der Waals surface area contributed by atoms with Gasteiger partial charge in [-0.05, 0) is 285 Å². The van der Waals surface area contributed by atoms with E-state index in [1.807, 2.05) is 161 Å². The van der Waals surface area contributed by atoms with Crippen LogP contribution < -0.4 is 0 Å². The van der Waals surface area contributed by atoms with Crippen molar-refractivity contribution in [1.82, 2.24) is 15.0 Å². The fourth-order valence-electron chi connectivity index (χ4n) is 19.8. The third kappa shape index (κ3) is 28.7. The summed E-state index contributed by atoms with van der Waals surface area (Å²) in [5, 5.41) is 42.9. The SMILES string of the molecule is CCC(C)(CC)C(=O)C=C(O)C(C)(CC)CC.CCC(C)(CC)C(=O)C=C(O)C(C)(CC)CC.CCC(CC)C(=O)C=C(O)C(CC)CC.Cc1[c-]c(-c2nccc3cc(C(C)C)c4ccc(F)cc4c23)cc(C)c1.Cc1[c-]c(-c2nccc3cc(C(C)C4CCCC4)c4cc(F)ccc4c23)cc(C)c1.Cc1[c-]c(-c2nccc3cc(C(C)C4CCCC4)c4cc(F)ccc4c23)cc(C)c1.[Ir].[Ir].[Ir]. The number of aromatic nitrogens is 3. The quantitative estimate of drug-likeness (QED) is 0.0180. The van der Waals surface area contributed by atoms with E-state index >= 15 is 0 Å². The van der Waals surface area contributed by atoms with E-state index in [9.17, 15) is 42.9 Å². The fraction of sp³-hybridized carbons (Fsp3) is 0.463. The molecule has 15 heteroatoms. The van der Waals surface area contributed by atoms with Gasteiger partial charge in [-0.15, -0.1) is 105 Å². The number of aliphatic hydroxyl groups is 3. The van der Waals surface area contributed by atoms with Crippen LogP contribution in [-0.2, 0) is 74.7 Å². The number of carbonyl (C=O) groups excluding carboxylic acids is 3. The first kappa shape index (κ1) is 118. The second-order valence-corrected chi connectivity index (χ2v) is 40.2. The zero-order valence-electron chi connectivity index (χ0n) is 87.3. The van der Waals surface area contributed by atoms with Gasteiger partial charge >= 0.3 is 0 Å². The van der Waals surface area contributed by atoms with E-state index in [1.165, 1.54) is 114 Å². The molecule has 3 radical (unpaired) electrons. The van der Waals surface area contributed by atoms with Gasteiger partial charge in [-0.2, -0.15) is 0 Å². The Morgan fingerprint density at radius 2 is 0.659 bits per heavy atom. The van der Waals surface area contributed by atoms with Crippen LogP contribution in [0.25, 0.3) is 98.4 Å². The van der Waals surface area contributed by atoms with Gasteiger partial charge in [0.2, 0.25) is 0 Å². The maximum Gasteiger partial charge on any atom is 0.164 e. The summed E-state index contributed by atoms with van der Waals surface area (Å²) >= 11 is 0. The summed E-state index contributed by atoms with van der Waals surface area (Å²) in [6.45, 7) is 53.7. The molecule has 9 aromatic carbocycles. The first-order chi connectivity index (χ1) is 64.1. The van der Waals surface area contributed by atoms with Gasteiger partial charge in [0.05, 0.1) is 5.76 Å². The molecule has 749 valence electrons. The number of pyridine rings is 3. The molecule has 0 aliphatic heterocycles. The number of ketones is 3. The average Bonchev–Trinajstić information content (AvgIpc) is 0.940. The molecule has 0 saturated heterocycles. The molecule has 3 aromatic heterocycles. The van der Waals surface area contributed by atoms with Crippen LogP contribution in [0.2, 0.25) is 0 Å². The van der Waals surface area contributed by atoms with E-state index in [2.05, 4.69) is 152 Å². The number of hydrogen-bond acceptors (Lipinski definition) is 9. The molecule has 3 N–H and O–H groups in total. The van der Waals surface area contributed by atoms with E-state index in [0.29, 0.717) is 29.6 Å². The molecule has 2 atom stereocenters. The minimum Gasteiger partial charge on any atom is -0.512 e. The van der Waals surface area contributed by atoms with Crippen LogP contribution in [0.5, 0.6) is 0 Å². The normalized spacial score (nSPS) is 13.9. The van der Waals surface area contributed by atoms with Gasteiger partial charge in [0.15, 0.2) is 17.3 Å². The van der Waals surface area contributed by atoms with Crippen molar-refractivity contribution in [3.05, 3.63) is 267 Å². The zero-order valence-corrected chi connectivity index (χ0v) is 94.5. The van der Waals surface area contributed by atoms with Crippen molar-refractivity contribution in [2.45, 2.75) is 326 Å². The van der Waals surface area contributed by atoms with Gasteiger partial charge in [0.1, 0.15) is 29.0 Å². The van der Waals surface area contributed by atoms with Crippen molar-refractivity contribution in [2.24, 2.45) is 45.3 Å². The van der Waals surface area contributed by atoms with Gasteiger partial charge < -0.3 is 30.3 Å². The monoisotopic (exact) mass is 2410 g/mol. The third-order valence-electron chi connectivity index (χ3n) is 30.9. The standard InChI is InChI=1S/2C28H27FN.C24H21FN.2C15H28O2.C13H24O2.3Ir/c2*1-17-12-18(2)14-22(13-17)28-27-21(10-11-30-28)15-25(19(3)20-6-4-5-7-20)26-16-23(29)8-9-24(26)27;1-14(2)21-12-17-7-8-26-24(18-10-15(3)9-16(4)11-18)23(17)22-13-19(25)5-6-20(21)22;2*1-7-14(5,8-2)12(16)11-13(17)15(6,9-3)10-4;1-5-10(6-2)12(14)9-13(15)11(7-3)8-4;;;/h2*8-13,15-16,19-20H,4-7H2,1-3H3;5-10,12-14H,1-4H3;2*11,16H,7-10H2,1-6H3;9-11,14H,5-8H2,1-4H3;;;/q3*-1;;;;;;. The van der Waals surface area contributed by atoms with E-state index in [1.54, 1.807) is 36.4 Å². The number of rotatable bonds is 29. The number of nitrogens with zero attached hydrogens (tertiary/aromatic N) is 3. The maximum absolute atomic E-state index is 14.4. The van der Waals surface area contributed by atoms with Gasteiger partial charge in [-0.25, -0.2) is 13.2 Å². The molecular formula is C123H155F3Ir3N3O6-3. The molecule has 9 nitrogen and oxygen atoms in total. The Bertz CT molecular complexity index is 5890. The molecule has 2 aliphatic rings. The van der Waals surface area contributed by atoms with E-state index < -0.39 is 0 Å². The Hall–Kier alpha value is -8.64. The minimum absolute atomic E-state index is 0. The molecule has 2 unspecified atom stereocenters. The van der Waals surface area contributed by atoms with Gasteiger partial charge in [0, 0.05) is 131 Å². The van der Waals surface area contributed by atoms with Crippen molar-refractivity contribution in [1.29, 1.82) is 0 Å². The maximum atomic E-state index is 14.4. The summed E-state index contributed by atoms with van der Waals surface area (Å²) in [6, 6.07) is 51.6. The largest absolute Gasteiger partial charge is 0.512 e. The molecular weight excluding hydrogens is 2250 g/mol. The Morgan fingerprint density at radius 1 is 0.370 bits per heavy atom. The molecule has 0 amide bonds. The number of hydrogen-bond donors (Lipinski definition) is 3. The van der Waals surface area contributed by atoms with E-state index in [4.69, 9.17) is 9.97 Å². The van der Waals surface area contributed by atoms with Crippen LogP contribution in [0, 0.1) is 123 Å². The van der Waals surface area contributed by atoms with Crippen molar-refractivity contribution in [2.75, 3.05) is 0 Å². The van der Waals surface area contributed by atoms with Crippen LogP contribution in [0.1, 0.15) is 335 Å². The molecule has 2 fully saturated rings. The molecule has 0 spiro atoms. The van der Waals surface area contributed by atoms with Crippen LogP contribution in [-0.4, -0.2) is 47.6 Å². The van der Waals surface area contributed by atoms with Crippen molar-refractivity contribution >= 4 is 82.0 Å². The van der Waals surface area contributed by atoms with Gasteiger partial charge in [-0.1, -0.05) is 242 Å². The minimum atomic E-state index is -0.337. The van der Waals surface area contributed by atoms with Crippen molar-refractivity contribution in [3.63, 3.8) is 0 Å². The number of allylic oxidation sites excluding steroid dienone is 6. The van der Waals surface area contributed by atoms with E-state index in [0.717, 1.165) is 181 Å². The summed E-state index contributed by atoms with van der Waals surface area (Å²) in [6.07, 6.45) is 30.4. The smallest absolute Gasteiger partial charge is 0.164 e. The Kier molecular flexibility index (Phi) is 45.7. The van der Waals surface area contributed by atoms with E-state index in [-0.39, 0.29) is 146 Å². The molecule has 3 heterocycles. The van der Waals surface area contributed by atoms with Crippen molar-refractivity contribution < 1.29 is 103 Å². The topological polar surface area (TPSA) is 151 Å². The molecule has 2 aliphatic carbocycles. The number of benzene rings is 9. The van der Waals surface area contributed by atoms with Crippen LogP contribution >= 0.6 is 0 Å². The average molecular weight is 2410 g/mol. The molecule has 138 heavy (non-hydrogen) atoms. The second kappa shape index (κ2) is 53.5. The predicted octanol–water partition coefficient (Wildman–Crippen LogP) is 35.7. The molecule has 2 saturated carbocycles. The Balaban J connectivity index is 0.000000259. The predicted molar refractivity (Wildman–Crippen MR) is 564 cm³/mol. The van der Waals surface area contributed by atoms with Gasteiger partial charge in [-0.3, -0.25) is 14.4 Å². The van der Waals surface area contributed by atoms with Crippen LogP contribution in [0.3, 0.4) is 0 Å². The Morgan fingerprint density at radius 3 is 0.949 bits per heavy atom. The number of aliphatic hydroxyl groups excluding tert-OH is 3. The summed E-state index contributed by atoms with van der Waals surface area (Å²) in [5.41, 5.74) is 15.1. The molecule has 0 bridgehead atoms. The zero-order chi connectivity index (χ0) is 99.3. The first-order valence-corrected chi connectivity index (χ1v) is 50.6. The number of halogens is 3. The number of carbonyl (C=O) groups is 3. The first-order valence-electron chi connectivity index (χ1n) is 50.6. The summed E-state index contributed by atoms with van der Waals surface area (Å²) in [4.78, 5) is 50.3. The van der Waals surface area contributed by atoms with Gasteiger partial charge in [0.25, 0.3) is 0 Å².